The van der Waals surface area contributed by atoms with Crippen LogP contribution in [-0.2, 0) is 13.0 Å². The van der Waals surface area contributed by atoms with Gasteiger partial charge >= 0.3 is 0 Å². The third kappa shape index (κ3) is 5.12. The zero-order valence-corrected chi connectivity index (χ0v) is 14.2. The van der Waals surface area contributed by atoms with E-state index in [1.807, 2.05) is 30.3 Å². The third-order valence-corrected chi connectivity index (χ3v) is 3.83. The van der Waals surface area contributed by atoms with Crippen LogP contribution < -0.4 is 10.6 Å². The van der Waals surface area contributed by atoms with Crippen LogP contribution in [0.3, 0.4) is 0 Å². The lowest BCUT2D eigenvalue weighted by Gasteiger charge is -2.08. The number of aromatic nitrogens is 3. The Morgan fingerprint density at radius 2 is 1.80 bits per heavy atom. The van der Waals surface area contributed by atoms with Gasteiger partial charge in [-0.3, -0.25) is 0 Å². The summed E-state index contributed by atoms with van der Waals surface area (Å²) >= 11 is 5.87. The van der Waals surface area contributed by atoms with E-state index in [2.05, 4.69) is 25.8 Å². The number of nitrogens with one attached hydrogen (secondary N) is 2. The van der Waals surface area contributed by atoms with Crippen molar-refractivity contribution < 1.29 is 4.39 Å². The average molecular weight is 358 g/mol. The molecule has 2 N–H and O–H groups in total. The molecule has 0 spiro atoms. The van der Waals surface area contributed by atoms with Gasteiger partial charge in [-0.2, -0.15) is 10.1 Å². The van der Waals surface area contributed by atoms with Gasteiger partial charge in [0.25, 0.3) is 0 Å². The summed E-state index contributed by atoms with van der Waals surface area (Å²) in [7, 11) is 0. The summed E-state index contributed by atoms with van der Waals surface area (Å²) in [5.74, 6) is 0.803. The van der Waals surface area contributed by atoms with Crippen molar-refractivity contribution in [2.45, 2.75) is 13.0 Å². The highest BCUT2D eigenvalue weighted by molar-refractivity contribution is 6.30. The number of hydrogen-bond donors (Lipinski definition) is 2. The molecule has 1 aromatic heterocycles. The molecule has 0 aliphatic rings. The monoisotopic (exact) mass is 357 g/mol. The van der Waals surface area contributed by atoms with E-state index in [4.69, 9.17) is 11.6 Å². The van der Waals surface area contributed by atoms with Crippen molar-refractivity contribution in [1.29, 1.82) is 0 Å². The van der Waals surface area contributed by atoms with Crippen molar-refractivity contribution >= 4 is 23.4 Å². The Hall–Kier alpha value is -2.73. The molecule has 25 heavy (non-hydrogen) atoms. The van der Waals surface area contributed by atoms with Gasteiger partial charge in [0.2, 0.25) is 5.95 Å². The normalized spacial score (nSPS) is 10.5. The molecular weight excluding hydrogens is 341 g/mol. The van der Waals surface area contributed by atoms with E-state index in [9.17, 15) is 4.39 Å². The molecule has 0 fully saturated rings. The maximum absolute atomic E-state index is 13.6. The number of rotatable bonds is 7. The minimum absolute atomic E-state index is 0.207. The minimum atomic E-state index is -0.207. The molecule has 0 unspecified atom stereocenters. The summed E-state index contributed by atoms with van der Waals surface area (Å²) in [6.45, 7) is 1.12. The highest BCUT2D eigenvalue weighted by atomic mass is 35.5. The largest absolute Gasteiger partial charge is 0.365 e. The van der Waals surface area contributed by atoms with Gasteiger partial charge in [0.05, 0.1) is 6.20 Å². The lowest BCUT2D eigenvalue weighted by atomic mass is 10.1. The molecule has 0 amide bonds. The van der Waals surface area contributed by atoms with Gasteiger partial charge in [0.1, 0.15) is 5.82 Å². The highest BCUT2D eigenvalue weighted by Crippen LogP contribution is 2.12. The third-order valence-electron chi connectivity index (χ3n) is 3.58. The van der Waals surface area contributed by atoms with E-state index in [1.54, 1.807) is 18.3 Å². The Morgan fingerprint density at radius 1 is 1.00 bits per heavy atom. The van der Waals surface area contributed by atoms with Gasteiger partial charge in [-0.25, -0.2) is 4.39 Å². The second kappa shape index (κ2) is 8.39. The lowest BCUT2D eigenvalue weighted by molar-refractivity contribution is 0.610. The highest BCUT2D eigenvalue weighted by Gasteiger charge is 2.03. The molecule has 2 aromatic carbocycles. The first-order valence-corrected chi connectivity index (χ1v) is 8.24. The molecule has 5 nitrogen and oxygen atoms in total. The molecule has 0 radical (unpaired) electrons. The Morgan fingerprint density at radius 3 is 2.60 bits per heavy atom. The molecule has 1 heterocycles. The van der Waals surface area contributed by atoms with Gasteiger partial charge in [-0.15, -0.1) is 5.10 Å². The van der Waals surface area contributed by atoms with E-state index in [1.165, 1.54) is 6.07 Å². The van der Waals surface area contributed by atoms with Crippen LogP contribution in [-0.4, -0.2) is 21.7 Å². The quantitative estimate of drug-likeness (QED) is 0.670. The molecule has 0 saturated carbocycles. The predicted molar refractivity (Wildman–Crippen MR) is 97.2 cm³/mol. The molecule has 128 valence electrons. The first kappa shape index (κ1) is 17.1. The molecule has 0 atom stereocenters. The van der Waals surface area contributed by atoms with Crippen LogP contribution in [0.15, 0.2) is 54.7 Å². The van der Waals surface area contributed by atoms with Crippen LogP contribution in [0, 0.1) is 5.82 Å². The summed E-state index contributed by atoms with van der Waals surface area (Å²) in [4.78, 5) is 4.34. The summed E-state index contributed by atoms with van der Waals surface area (Å²) in [6, 6.07) is 14.3. The Bertz CT molecular complexity index is 826. The maximum Gasteiger partial charge on any atom is 0.244 e. The lowest BCUT2D eigenvalue weighted by Crippen LogP contribution is -2.11. The minimum Gasteiger partial charge on any atom is -0.365 e. The van der Waals surface area contributed by atoms with Crippen LogP contribution in [0.25, 0.3) is 0 Å². The van der Waals surface area contributed by atoms with Crippen molar-refractivity contribution in [3.8, 4) is 0 Å². The fraction of sp³-hybridized carbons (Fsp3) is 0.167. The molecule has 0 aliphatic carbocycles. The van der Waals surface area contributed by atoms with Gasteiger partial charge < -0.3 is 10.6 Å². The van der Waals surface area contributed by atoms with Crippen molar-refractivity contribution in [1.82, 2.24) is 15.2 Å². The SMILES string of the molecule is Fc1ccccc1CCNc1nncc(NCc2ccc(Cl)cc2)n1. The van der Waals surface area contributed by atoms with Gasteiger partial charge in [-0.05, 0) is 35.7 Å². The van der Waals surface area contributed by atoms with Crippen LogP contribution in [0.1, 0.15) is 11.1 Å². The standard InChI is InChI=1S/C18H17ClFN5/c19-15-7-5-13(6-8-15)11-22-17-12-23-25-18(24-17)21-10-9-14-3-1-2-4-16(14)20/h1-8,12H,9-11H2,(H2,21,22,24,25). The number of hydrogen-bond acceptors (Lipinski definition) is 5. The fourth-order valence-electron chi connectivity index (χ4n) is 2.27. The number of nitrogens with zero attached hydrogens (tertiary/aromatic N) is 3. The molecule has 3 rings (SSSR count). The average Bonchev–Trinajstić information content (AvgIpc) is 2.63. The van der Waals surface area contributed by atoms with E-state index >= 15 is 0 Å². The van der Waals surface area contributed by atoms with E-state index < -0.39 is 0 Å². The van der Waals surface area contributed by atoms with Crippen LogP contribution in [0.5, 0.6) is 0 Å². The number of anilines is 2. The van der Waals surface area contributed by atoms with E-state index in [-0.39, 0.29) is 5.82 Å². The Labute approximate surface area is 150 Å². The Balaban J connectivity index is 1.52. The Kier molecular flexibility index (Phi) is 5.74. The second-order valence-electron chi connectivity index (χ2n) is 5.41. The smallest absolute Gasteiger partial charge is 0.244 e. The van der Waals surface area contributed by atoms with Gasteiger partial charge in [0, 0.05) is 18.1 Å². The molecule has 7 heteroatoms. The first-order chi connectivity index (χ1) is 12.2. The zero-order valence-electron chi connectivity index (χ0n) is 13.4. The summed E-state index contributed by atoms with van der Waals surface area (Å²) in [5.41, 5.74) is 1.73. The van der Waals surface area contributed by atoms with E-state index in [0.717, 1.165) is 5.56 Å². The zero-order chi connectivity index (χ0) is 17.5. The van der Waals surface area contributed by atoms with Crippen molar-refractivity contribution in [2.24, 2.45) is 0 Å². The van der Waals surface area contributed by atoms with Gasteiger partial charge in [-0.1, -0.05) is 41.9 Å². The van der Waals surface area contributed by atoms with Crippen LogP contribution in [0.4, 0.5) is 16.2 Å². The number of halogens is 2. The summed E-state index contributed by atoms with van der Waals surface area (Å²) < 4.78 is 13.6. The van der Waals surface area contributed by atoms with Crippen molar-refractivity contribution in [3.05, 3.63) is 76.7 Å². The molecule has 3 aromatic rings. The summed E-state index contributed by atoms with van der Waals surface area (Å²) in [6.07, 6.45) is 2.09. The molecule has 0 aliphatic heterocycles. The van der Waals surface area contributed by atoms with Crippen LogP contribution in [0.2, 0.25) is 5.02 Å². The number of benzene rings is 2. The maximum atomic E-state index is 13.6. The molecule has 0 bridgehead atoms. The van der Waals surface area contributed by atoms with E-state index in [0.29, 0.717) is 41.9 Å². The van der Waals surface area contributed by atoms with Gasteiger partial charge in [0.15, 0.2) is 5.82 Å². The second-order valence-corrected chi connectivity index (χ2v) is 5.85. The molecule has 0 saturated heterocycles. The van der Waals surface area contributed by atoms with Crippen molar-refractivity contribution in [3.63, 3.8) is 0 Å². The first-order valence-electron chi connectivity index (χ1n) is 7.86. The van der Waals surface area contributed by atoms with Crippen LogP contribution >= 0.6 is 11.6 Å². The fourth-order valence-corrected chi connectivity index (χ4v) is 2.39. The van der Waals surface area contributed by atoms with Crippen molar-refractivity contribution in [2.75, 3.05) is 17.2 Å². The predicted octanol–water partition coefficient (Wildman–Crippen LogP) is 3.93. The molecular formula is C18H17ClFN5. The topological polar surface area (TPSA) is 62.7 Å². The summed E-state index contributed by atoms with van der Waals surface area (Å²) in [5, 5.41) is 14.8.